The molecule has 21 heavy (non-hydrogen) atoms. The van der Waals surface area contributed by atoms with Crippen LogP contribution in [0.15, 0.2) is 28.7 Å². The van der Waals surface area contributed by atoms with Gasteiger partial charge in [-0.15, -0.1) is 0 Å². The highest BCUT2D eigenvalue weighted by Gasteiger charge is 2.31. The van der Waals surface area contributed by atoms with Crippen molar-refractivity contribution in [1.82, 2.24) is 4.98 Å². The maximum absolute atomic E-state index is 12.7. The molecule has 112 valence electrons. The Morgan fingerprint density at radius 1 is 1.14 bits per heavy atom. The van der Waals surface area contributed by atoms with E-state index in [0.717, 1.165) is 12.1 Å². The molecular formula is C12H7BrCl2F3N3. The van der Waals surface area contributed by atoms with E-state index in [9.17, 15) is 13.2 Å². The zero-order chi connectivity index (χ0) is 15.8. The minimum atomic E-state index is -4.52. The van der Waals surface area contributed by atoms with Gasteiger partial charge in [0.2, 0.25) is 0 Å². The van der Waals surface area contributed by atoms with Crippen molar-refractivity contribution in [2.75, 3.05) is 11.1 Å². The molecule has 0 unspecified atom stereocenters. The molecule has 0 aliphatic rings. The van der Waals surface area contributed by atoms with E-state index in [1.807, 2.05) is 0 Å². The van der Waals surface area contributed by atoms with E-state index < -0.39 is 11.7 Å². The van der Waals surface area contributed by atoms with Crippen LogP contribution >= 0.6 is 39.1 Å². The lowest BCUT2D eigenvalue weighted by Crippen LogP contribution is -2.08. The number of hydrogen-bond acceptors (Lipinski definition) is 3. The first-order valence-corrected chi connectivity index (χ1v) is 6.98. The first-order valence-electron chi connectivity index (χ1n) is 5.44. The molecule has 2 aromatic rings. The standard InChI is InChI=1S/C12H7BrCl2F3N3/c13-6-1-2-7(11(15)10(6)14)20-9-4-5(12(16,17)18)3-8(19)21-9/h1-4H,(H3,19,20,21). The van der Waals surface area contributed by atoms with Crippen molar-refractivity contribution in [2.45, 2.75) is 6.18 Å². The van der Waals surface area contributed by atoms with Crippen LogP contribution < -0.4 is 11.1 Å². The van der Waals surface area contributed by atoms with Gasteiger partial charge in [0, 0.05) is 4.47 Å². The molecule has 0 amide bonds. The van der Waals surface area contributed by atoms with Crippen LogP contribution in [0.5, 0.6) is 0 Å². The number of pyridine rings is 1. The highest BCUT2D eigenvalue weighted by molar-refractivity contribution is 9.10. The third-order valence-electron chi connectivity index (χ3n) is 2.47. The average molecular weight is 401 g/mol. The molecule has 3 nitrogen and oxygen atoms in total. The van der Waals surface area contributed by atoms with Gasteiger partial charge in [-0.05, 0) is 40.2 Å². The maximum Gasteiger partial charge on any atom is 0.416 e. The van der Waals surface area contributed by atoms with Gasteiger partial charge in [-0.3, -0.25) is 0 Å². The van der Waals surface area contributed by atoms with Crippen LogP contribution in [0.4, 0.5) is 30.5 Å². The first kappa shape index (κ1) is 16.2. The van der Waals surface area contributed by atoms with Crippen molar-refractivity contribution in [3.8, 4) is 0 Å². The summed E-state index contributed by atoms with van der Waals surface area (Å²) in [5, 5.41) is 3.06. The Labute approximate surface area is 136 Å². The Bertz CT molecular complexity index is 692. The molecule has 1 heterocycles. The predicted octanol–water partition coefficient (Wildman–Crippen LogP) is 5.50. The van der Waals surface area contributed by atoms with Crippen LogP contribution in [-0.2, 0) is 6.18 Å². The number of aromatic nitrogens is 1. The second-order valence-electron chi connectivity index (χ2n) is 4.01. The molecule has 0 saturated carbocycles. The number of nitrogen functional groups attached to an aromatic ring is 1. The highest BCUT2D eigenvalue weighted by Crippen LogP contribution is 2.38. The van der Waals surface area contributed by atoms with Crippen molar-refractivity contribution >= 4 is 56.5 Å². The summed E-state index contributed by atoms with van der Waals surface area (Å²) in [6, 6.07) is 4.74. The fourth-order valence-corrected chi connectivity index (χ4v) is 2.36. The summed E-state index contributed by atoms with van der Waals surface area (Å²) in [5.41, 5.74) is 4.79. The van der Waals surface area contributed by atoms with Crippen molar-refractivity contribution in [1.29, 1.82) is 0 Å². The summed E-state index contributed by atoms with van der Waals surface area (Å²) < 4.78 is 38.7. The number of alkyl halides is 3. The van der Waals surface area contributed by atoms with Crippen LogP contribution in [0.3, 0.4) is 0 Å². The lowest BCUT2D eigenvalue weighted by molar-refractivity contribution is -0.137. The Kier molecular flexibility index (Phi) is 4.55. The van der Waals surface area contributed by atoms with Crippen LogP contribution in [0, 0.1) is 0 Å². The van der Waals surface area contributed by atoms with Crippen LogP contribution in [-0.4, -0.2) is 4.98 Å². The topological polar surface area (TPSA) is 50.9 Å². The molecule has 0 bridgehead atoms. The molecule has 0 atom stereocenters. The van der Waals surface area contributed by atoms with Gasteiger partial charge < -0.3 is 11.1 Å². The van der Waals surface area contributed by atoms with E-state index in [2.05, 4.69) is 26.2 Å². The van der Waals surface area contributed by atoms with Gasteiger partial charge >= 0.3 is 6.18 Å². The van der Waals surface area contributed by atoms with E-state index >= 15 is 0 Å². The van der Waals surface area contributed by atoms with Crippen LogP contribution in [0.1, 0.15) is 5.56 Å². The van der Waals surface area contributed by atoms with E-state index in [1.165, 1.54) is 0 Å². The molecule has 0 radical (unpaired) electrons. The van der Waals surface area contributed by atoms with E-state index in [0.29, 0.717) is 10.2 Å². The van der Waals surface area contributed by atoms with Crippen molar-refractivity contribution in [3.63, 3.8) is 0 Å². The number of anilines is 3. The second kappa shape index (κ2) is 5.90. The number of halogens is 6. The lowest BCUT2D eigenvalue weighted by atomic mass is 10.2. The first-order chi connectivity index (χ1) is 9.68. The zero-order valence-electron chi connectivity index (χ0n) is 10.1. The fourth-order valence-electron chi connectivity index (χ4n) is 1.54. The number of rotatable bonds is 2. The van der Waals surface area contributed by atoms with E-state index in [-0.39, 0.29) is 21.7 Å². The van der Waals surface area contributed by atoms with Gasteiger partial charge in [-0.2, -0.15) is 13.2 Å². The number of hydrogen-bond donors (Lipinski definition) is 2. The quantitative estimate of drug-likeness (QED) is 0.654. The summed E-state index contributed by atoms with van der Waals surface area (Å²) in [6.45, 7) is 0. The SMILES string of the molecule is Nc1cc(C(F)(F)F)cc(Nc2ccc(Br)c(Cl)c2Cl)n1. The monoisotopic (exact) mass is 399 g/mol. The van der Waals surface area contributed by atoms with Crippen molar-refractivity contribution in [2.24, 2.45) is 0 Å². The predicted molar refractivity (Wildman–Crippen MR) is 81.1 cm³/mol. The van der Waals surface area contributed by atoms with Gasteiger partial charge in [-0.1, -0.05) is 23.2 Å². The molecule has 0 spiro atoms. The fraction of sp³-hybridized carbons (Fsp3) is 0.0833. The van der Waals surface area contributed by atoms with Gasteiger partial charge in [0.15, 0.2) is 0 Å². The summed E-state index contributed by atoms with van der Waals surface area (Å²) in [5.74, 6) is -0.339. The van der Waals surface area contributed by atoms with E-state index in [1.54, 1.807) is 12.1 Å². The minimum absolute atomic E-state index is 0.0809. The van der Waals surface area contributed by atoms with Gasteiger partial charge in [-0.25, -0.2) is 4.98 Å². The minimum Gasteiger partial charge on any atom is -0.384 e. The van der Waals surface area contributed by atoms with Crippen molar-refractivity contribution < 1.29 is 13.2 Å². The summed E-state index contributed by atoms with van der Waals surface area (Å²) in [6.07, 6.45) is -4.52. The maximum atomic E-state index is 12.7. The van der Waals surface area contributed by atoms with Crippen LogP contribution in [0.2, 0.25) is 10.0 Å². The third kappa shape index (κ3) is 3.72. The molecule has 0 aliphatic carbocycles. The van der Waals surface area contributed by atoms with Crippen molar-refractivity contribution in [3.05, 3.63) is 44.3 Å². The summed E-state index contributed by atoms with van der Waals surface area (Å²) in [4.78, 5) is 3.79. The average Bonchev–Trinajstić information content (AvgIpc) is 2.38. The molecule has 0 saturated heterocycles. The molecule has 0 aliphatic heterocycles. The van der Waals surface area contributed by atoms with Gasteiger partial charge in [0.25, 0.3) is 0 Å². The molecule has 1 aromatic carbocycles. The number of nitrogens with zero attached hydrogens (tertiary/aromatic N) is 1. The number of nitrogens with two attached hydrogens (primary N) is 1. The Morgan fingerprint density at radius 2 is 1.81 bits per heavy atom. The molecule has 9 heteroatoms. The largest absolute Gasteiger partial charge is 0.416 e. The summed E-state index contributed by atoms with van der Waals surface area (Å²) in [7, 11) is 0. The van der Waals surface area contributed by atoms with Gasteiger partial charge in [0.1, 0.15) is 11.6 Å². The number of nitrogens with one attached hydrogen (secondary N) is 1. The molecular weight excluding hydrogens is 394 g/mol. The summed E-state index contributed by atoms with van der Waals surface area (Å²) >= 11 is 15.1. The van der Waals surface area contributed by atoms with Gasteiger partial charge in [0.05, 0.1) is 21.3 Å². The van der Waals surface area contributed by atoms with E-state index in [4.69, 9.17) is 28.9 Å². The molecule has 3 N–H and O–H groups in total. The van der Waals surface area contributed by atoms with Crippen LogP contribution in [0.25, 0.3) is 0 Å². The Hall–Kier alpha value is -1.18. The number of benzene rings is 1. The lowest BCUT2D eigenvalue weighted by Gasteiger charge is -2.13. The Balaban J connectivity index is 2.41. The molecule has 1 aromatic heterocycles. The smallest absolute Gasteiger partial charge is 0.384 e. The Morgan fingerprint density at radius 3 is 2.43 bits per heavy atom. The zero-order valence-corrected chi connectivity index (χ0v) is 13.2. The third-order valence-corrected chi connectivity index (χ3v) is 4.24. The second-order valence-corrected chi connectivity index (χ2v) is 5.62. The normalized spacial score (nSPS) is 11.5. The highest BCUT2D eigenvalue weighted by atomic mass is 79.9. The molecule has 0 fully saturated rings. The molecule has 2 rings (SSSR count).